The molecule has 3 rings (SSSR count). The van der Waals surface area contributed by atoms with Crippen molar-refractivity contribution in [1.29, 1.82) is 0 Å². The quantitative estimate of drug-likeness (QED) is 0.885. The van der Waals surface area contributed by atoms with Crippen LogP contribution in [-0.4, -0.2) is 63.2 Å². The van der Waals surface area contributed by atoms with E-state index in [0.29, 0.717) is 22.7 Å². The number of anilines is 2. The van der Waals surface area contributed by atoms with E-state index < -0.39 is 0 Å². The number of carbonyl (C=O) groups is 1. The zero-order chi connectivity index (χ0) is 18.5. The molecule has 0 aliphatic carbocycles. The molecule has 0 radical (unpaired) electrons. The predicted octanol–water partition coefficient (Wildman–Crippen LogP) is 2.10. The zero-order valence-corrected chi connectivity index (χ0v) is 15.4. The third-order valence-electron chi connectivity index (χ3n) is 4.49. The molecule has 7 nitrogen and oxygen atoms in total. The van der Waals surface area contributed by atoms with E-state index in [9.17, 15) is 4.79 Å². The topological polar surface area (TPSA) is 66.9 Å². The fourth-order valence-corrected chi connectivity index (χ4v) is 2.87. The minimum Gasteiger partial charge on any atom is -0.497 e. The summed E-state index contributed by atoms with van der Waals surface area (Å²) in [5.74, 6) is 1.83. The molecule has 1 N–H and O–H groups in total. The molecular weight excluding hydrogens is 332 g/mol. The van der Waals surface area contributed by atoms with Gasteiger partial charge in [0, 0.05) is 44.0 Å². The second-order valence-electron chi connectivity index (χ2n) is 6.21. The van der Waals surface area contributed by atoms with Crippen LogP contribution in [0.3, 0.4) is 0 Å². The maximum atomic E-state index is 12.7. The Hall–Kier alpha value is -2.80. The summed E-state index contributed by atoms with van der Waals surface area (Å²) >= 11 is 0. The first-order valence-corrected chi connectivity index (χ1v) is 8.53. The lowest BCUT2D eigenvalue weighted by molar-refractivity contribution is 0.102. The largest absolute Gasteiger partial charge is 0.497 e. The number of rotatable bonds is 5. The minimum atomic E-state index is -0.214. The SMILES string of the molecule is COc1ccc(OC)c(NC(=O)c2ccnc(N3CCN(C)CC3)c2)c1. The molecule has 1 aliphatic heterocycles. The van der Waals surface area contributed by atoms with Crippen LogP contribution in [0.25, 0.3) is 0 Å². The molecule has 0 unspecified atom stereocenters. The van der Waals surface area contributed by atoms with Crippen molar-refractivity contribution in [3.8, 4) is 11.5 Å². The second-order valence-corrected chi connectivity index (χ2v) is 6.21. The van der Waals surface area contributed by atoms with Gasteiger partial charge in [-0.3, -0.25) is 4.79 Å². The van der Waals surface area contributed by atoms with Gasteiger partial charge in [0.05, 0.1) is 19.9 Å². The minimum absolute atomic E-state index is 0.214. The molecule has 0 bridgehead atoms. The monoisotopic (exact) mass is 356 g/mol. The summed E-state index contributed by atoms with van der Waals surface area (Å²) in [4.78, 5) is 21.6. The molecular formula is C19H24N4O3. The average Bonchev–Trinajstić information content (AvgIpc) is 2.68. The van der Waals surface area contributed by atoms with E-state index in [1.54, 1.807) is 44.7 Å². The van der Waals surface area contributed by atoms with Crippen molar-refractivity contribution < 1.29 is 14.3 Å². The number of piperazine rings is 1. The molecule has 0 atom stereocenters. The van der Waals surface area contributed by atoms with E-state index >= 15 is 0 Å². The van der Waals surface area contributed by atoms with Crippen molar-refractivity contribution in [2.45, 2.75) is 0 Å². The summed E-state index contributed by atoms with van der Waals surface area (Å²) in [7, 11) is 5.25. The lowest BCUT2D eigenvalue weighted by atomic mass is 10.2. The van der Waals surface area contributed by atoms with Crippen molar-refractivity contribution >= 4 is 17.4 Å². The number of nitrogens with one attached hydrogen (secondary N) is 1. The van der Waals surface area contributed by atoms with Gasteiger partial charge in [-0.2, -0.15) is 0 Å². The van der Waals surface area contributed by atoms with Gasteiger partial charge in [0.25, 0.3) is 5.91 Å². The van der Waals surface area contributed by atoms with Gasteiger partial charge < -0.3 is 24.6 Å². The lowest BCUT2D eigenvalue weighted by Crippen LogP contribution is -2.44. The number of ether oxygens (including phenoxy) is 2. The molecule has 0 spiro atoms. The molecule has 1 fully saturated rings. The Morgan fingerprint density at radius 3 is 2.54 bits per heavy atom. The maximum absolute atomic E-state index is 12.7. The smallest absolute Gasteiger partial charge is 0.255 e. The van der Waals surface area contributed by atoms with Crippen LogP contribution in [0.1, 0.15) is 10.4 Å². The number of pyridine rings is 1. The lowest BCUT2D eigenvalue weighted by Gasteiger charge is -2.33. The van der Waals surface area contributed by atoms with E-state index in [-0.39, 0.29) is 5.91 Å². The van der Waals surface area contributed by atoms with E-state index in [1.165, 1.54) is 0 Å². The summed E-state index contributed by atoms with van der Waals surface area (Å²) in [6, 6.07) is 8.82. The van der Waals surface area contributed by atoms with Gasteiger partial charge in [-0.05, 0) is 31.3 Å². The summed E-state index contributed by atoms with van der Waals surface area (Å²) in [6.07, 6.45) is 1.67. The van der Waals surface area contributed by atoms with Crippen molar-refractivity contribution in [1.82, 2.24) is 9.88 Å². The molecule has 1 amide bonds. The molecule has 7 heteroatoms. The fraction of sp³-hybridized carbons (Fsp3) is 0.368. The van der Waals surface area contributed by atoms with Crippen LogP contribution in [-0.2, 0) is 0 Å². The predicted molar refractivity (Wildman–Crippen MR) is 101 cm³/mol. The van der Waals surface area contributed by atoms with Crippen LogP contribution in [0.15, 0.2) is 36.5 Å². The van der Waals surface area contributed by atoms with E-state index in [0.717, 1.165) is 32.0 Å². The third kappa shape index (κ3) is 4.05. The van der Waals surface area contributed by atoms with Gasteiger partial charge in [0.1, 0.15) is 17.3 Å². The Morgan fingerprint density at radius 2 is 1.85 bits per heavy atom. The molecule has 1 aromatic heterocycles. The first-order chi connectivity index (χ1) is 12.6. The maximum Gasteiger partial charge on any atom is 0.255 e. The van der Waals surface area contributed by atoms with Crippen LogP contribution in [0.2, 0.25) is 0 Å². The molecule has 1 saturated heterocycles. The highest BCUT2D eigenvalue weighted by molar-refractivity contribution is 6.05. The normalized spacial score (nSPS) is 14.8. The highest BCUT2D eigenvalue weighted by Crippen LogP contribution is 2.29. The van der Waals surface area contributed by atoms with Gasteiger partial charge in [0.15, 0.2) is 0 Å². The summed E-state index contributed by atoms with van der Waals surface area (Å²) < 4.78 is 10.5. The van der Waals surface area contributed by atoms with E-state index in [2.05, 4.69) is 27.1 Å². The average molecular weight is 356 g/mol. The zero-order valence-electron chi connectivity index (χ0n) is 15.4. The number of aromatic nitrogens is 1. The van der Waals surface area contributed by atoms with Gasteiger partial charge in [-0.25, -0.2) is 4.98 Å². The summed E-state index contributed by atoms with van der Waals surface area (Å²) in [5.41, 5.74) is 1.12. The Balaban J connectivity index is 1.77. The summed E-state index contributed by atoms with van der Waals surface area (Å²) in [6.45, 7) is 3.77. The van der Waals surface area contributed by atoms with Crippen LogP contribution in [0, 0.1) is 0 Å². The molecule has 2 heterocycles. The van der Waals surface area contributed by atoms with Gasteiger partial charge in [0.2, 0.25) is 0 Å². The molecule has 0 saturated carbocycles. The number of hydrogen-bond acceptors (Lipinski definition) is 6. The first-order valence-electron chi connectivity index (χ1n) is 8.53. The second kappa shape index (κ2) is 8.05. The number of likely N-dealkylation sites (N-methyl/N-ethyl adjacent to an activating group) is 1. The Labute approximate surface area is 153 Å². The van der Waals surface area contributed by atoms with Crippen LogP contribution < -0.4 is 19.7 Å². The highest BCUT2D eigenvalue weighted by Gasteiger charge is 2.17. The van der Waals surface area contributed by atoms with Crippen molar-refractivity contribution in [2.24, 2.45) is 0 Å². The van der Waals surface area contributed by atoms with Crippen molar-refractivity contribution in [3.63, 3.8) is 0 Å². The van der Waals surface area contributed by atoms with Gasteiger partial charge in [-0.1, -0.05) is 0 Å². The van der Waals surface area contributed by atoms with Crippen LogP contribution >= 0.6 is 0 Å². The number of methoxy groups -OCH3 is 2. The van der Waals surface area contributed by atoms with E-state index in [4.69, 9.17) is 9.47 Å². The van der Waals surface area contributed by atoms with Crippen molar-refractivity contribution in [3.05, 3.63) is 42.1 Å². The standard InChI is InChI=1S/C19H24N4O3/c1-22-8-10-23(11-9-22)18-12-14(6-7-20-18)19(24)21-16-13-15(25-2)4-5-17(16)26-3/h4-7,12-13H,8-11H2,1-3H3,(H,21,24). The Bertz CT molecular complexity index is 773. The van der Waals surface area contributed by atoms with Crippen molar-refractivity contribution in [2.75, 3.05) is 57.7 Å². The number of amides is 1. The van der Waals surface area contributed by atoms with Gasteiger partial charge in [-0.15, -0.1) is 0 Å². The molecule has 2 aromatic rings. The number of hydrogen-bond donors (Lipinski definition) is 1. The Morgan fingerprint density at radius 1 is 1.08 bits per heavy atom. The number of nitrogens with zero attached hydrogens (tertiary/aromatic N) is 3. The number of carbonyl (C=O) groups excluding carboxylic acids is 1. The fourth-order valence-electron chi connectivity index (χ4n) is 2.87. The van der Waals surface area contributed by atoms with Gasteiger partial charge >= 0.3 is 0 Å². The summed E-state index contributed by atoms with van der Waals surface area (Å²) in [5, 5.41) is 2.89. The molecule has 1 aliphatic rings. The molecule has 138 valence electrons. The van der Waals surface area contributed by atoms with Crippen LogP contribution in [0.5, 0.6) is 11.5 Å². The number of benzene rings is 1. The third-order valence-corrected chi connectivity index (χ3v) is 4.49. The molecule has 1 aromatic carbocycles. The molecule has 26 heavy (non-hydrogen) atoms. The Kier molecular flexibility index (Phi) is 5.58. The first kappa shape index (κ1) is 18.0. The van der Waals surface area contributed by atoms with E-state index in [1.807, 2.05) is 6.07 Å². The van der Waals surface area contributed by atoms with Crippen LogP contribution in [0.4, 0.5) is 11.5 Å². The highest BCUT2D eigenvalue weighted by atomic mass is 16.5.